The van der Waals surface area contributed by atoms with Crippen LogP contribution in [0.15, 0.2) is 42.5 Å². The van der Waals surface area contributed by atoms with Gasteiger partial charge < -0.3 is 40.0 Å². The lowest BCUT2D eigenvalue weighted by Gasteiger charge is -2.42. The van der Waals surface area contributed by atoms with Crippen molar-refractivity contribution in [3.05, 3.63) is 42.5 Å². The number of carbonyl (C=O) groups is 1. The minimum Gasteiger partial charge on any atom is -0.508 e. The SMILES string of the molecule is COc1ccc(O)cc1-c1ccccc1O[C@@H]1O[C@H](CO)[C@H](O)[C@H](O)[C@H]1NC(C)=O. The third kappa shape index (κ3) is 4.49. The second-order valence-electron chi connectivity index (χ2n) is 6.93. The zero-order valence-electron chi connectivity index (χ0n) is 16.6. The molecule has 9 heteroatoms. The summed E-state index contributed by atoms with van der Waals surface area (Å²) in [6.07, 6.45) is -5.13. The molecule has 0 aromatic heterocycles. The van der Waals surface area contributed by atoms with Gasteiger partial charge in [0, 0.05) is 18.1 Å². The fourth-order valence-corrected chi connectivity index (χ4v) is 3.39. The molecule has 2 aromatic carbocycles. The summed E-state index contributed by atoms with van der Waals surface area (Å²) in [4.78, 5) is 11.6. The Morgan fingerprint density at radius 1 is 1.10 bits per heavy atom. The van der Waals surface area contributed by atoms with Crippen LogP contribution in [0.1, 0.15) is 6.92 Å². The van der Waals surface area contributed by atoms with Crippen molar-refractivity contribution in [3.8, 4) is 28.4 Å². The summed E-state index contributed by atoms with van der Waals surface area (Å²) in [6, 6.07) is 10.4. The summed E-state index contributed by atoms with van der Waals surface area (Å²) in [6.45, 7) is 0.715. The van der Waals surface area contributed by atoms with Crippen molar-refractivity contribution < 1.29 is 39.4 Å². The van der Waals surface area contributed by atoms with Gasteiger partial charge in [-0.1, -0.05) is 18.2 Å². The number of rotatable bonds is 6. The van der Waals surface area contributed by atoms with Crippen molar-refractivity contribution in [2.45, 2.75) is 37.6 Å². The van der Waals surface area contributed by atoms with E-state index in [1.165, 1.54) is 26.2 Å². The third-order valence-corrected chi connectivity index (χ3v) is 4.85. The van der Waals surface area contributed by atoms with Crippen molar-refractivity contribution in [3.63, 3.8) is 0 Å². The predicted octanol–water partition coefficient (Wildman–Crippen LogP) is 0.390. The highest BCUT2D eigenvalue weighted by Gasteiger charge is 2.46. The number of phenolic OH excluding ortho intramolecular Hbond substituents is 1. The van der Waals surface area contributed by atoms with Crippen molar-refractivity contribution in [2.24, 2.45) is 0 Å². The average molecular weight is 419 g/mol. The van der Waals surface area contributed by atoms with Crippen LogP contribution >= 0.6 is 0 Å². The van der Waals surface area contributed by atoms with E-state index in [0.717, 1.165) is 0 Å². The van der Waals surface area contributed by atoms with Crippen LogP contribution in [0.2, 0.25) is 0 Å². The van der Waals surface area contributed by atoms with E-state index in [0.29, 0.717) is 22.6 Å². The zero-order valence-corrected chi connectivity index (χ0v) is 16.6. The molecule has 0 radical (unpaired) electrons. The predicted molar refractivity (Wildman–Crippen MR) is 106 cm³/mol. The van der Waals surface area contributed by atoms with E-state index >= 15 is 0 Å². The zero-order chi connectivity index (χ0) is 21.8. The molecule has 0 aliphatic carbocycles. The van der Waals surface area contributed by atoms with Crippen LogP contribution in [0.25, 0.3) is 11.1 Å². The summed E-state index contributed by atoms with van der Waals surface area (Å²) in [5.74, 6) is 0.399. The minimum atomic E-state index is -1.42. The maximum Gasteiger partial charge on any atom is 0.223 e. The first-order chi connectivity index (χ1) is 14.3. The number of aliphatic hydroxyl groups excluding tert-OH is 3. The molecule has 5 N–H and O–H groups in total. The summed E-state index contributed by atoms with van der Waals surface area (Å²) < 4.78 is 17.0. The lowest BCUT2D eigenvalue weighted by atomic mass is 9.96. The van der Waals surface area contributed by atoms with Gasteiger partial charge in [-0.3, -0.25) is 4.79 Å². The summed E-state index contributed by atoms with van der Waals surface area (Å²) in [5.41, 5.74) is 1.12. The Hall–Kier alpha value is -2.85. The number of phenols is 1. The van der Waals surface area contributed by atoms with E-state index in [1.54, 1.807) is 30.3 Å². The van der Waals surface area contributed by atoms with Gasteiger partial charge in [-0.25, -0.2) is 0 Å². The molecule has 0 spiro atoms. The molecule has 0 bridgehead atoms. The molecule has 0 unspecified atom stereocenters. The van der Waals surface area contributed by atoms with Crippen molar-refractivity contribution in [1.82, 2.24) is 5.32 Å². The lowest BCUT2D eigenvalue weighted by Crippen LogP contribution is -2.65. The number of para-hydroxylation sites is 1. The maximum absolute atomic E-state index is 11.6. The van der Waals surface area contributed by atoms with Crippen LogP contribution in [0, 0.1) is 0 Å². The first kappa shape index (κ1) is 21.8. The number of aliphatic hydroxyl groups is 3. The first-order valence-electron chi connectivity index (χ1n) is 9.38. The molecule has 30 heavy (non-hydrogen) atoms. The van der Waals surface area contributed by atoms with E-state index in [9.17, 15) is 25.2 Å². The largest absolute Gasteiger partial charge is 0.508 e. The number of nitrogens with one attached hydrogen (secondary N) is 1. The molecular weight excluding hydrogens is 394 g/mol. The molecule has 0 saturated carbocycles. The van der Waals surface area contributed by atoms with E-state index in [-0.39, 0.29) is 5.75 Å². The summed E-state index contributed by atoms with van der Waals surface area (Å²) >= 11 is 0. The van der Waals surface area contributed by atoms with E-state index in [1.807, 2.05) is 0 Å². The number of ether oxygens (including phenoxy) is 3. The van der Waals surface area contributed by atoms with Crippen LogP contribution in [0.4, 0.5) is 0 Å². The Balaban J connectivity index is 1.99. The number of carbonyl (C=O) groups excluding carboxylic acids is 1. The molecule has 1 amide bonds. The van der Waals surface area contributed by atoms with Crippen LogP contribution in [-0.4, -0.2) is 70.7 Å². The number of aromatic hydroxyl groups is 1. The van der Waals surface area contributed by atoms with Gasteiger partial charge in [0.15, 0.2) is 0 Å². The summed E-state index contributed by atoms with van der Waals surface area (Å²) in [5, 5.41) is 42.5. The van der Waals surface area contributed by atoms with Gasteiger partial charge in [-0.05, 0) is 24.3 Å². The van der Waals surface area contributed by atoms with Crippen LogP contribution < -0.4 is 14.8 Å². The number of hydrogen-bond donors (Lipinski definition) is 5. The normalized spacial score (nSPS) is 26.1. The van der Waals surface area contributed by atoms with E-state index in [4.69, 9.17) is 14.2 Å². The molecule has 2 aromatic rings. The second kappa shape index (κ2) is 9.31. The first-order valence-corrected chi connectivity index (χ1v) is 9.38. The monoisotopic (exact) mass is 419 g/mol. The van der Waals surface area contributed by atoms with Crippen molar-refractivity contribution >= 4 is 5.91 Å². The Kier molecular flexibility index (Phi) is 6.78. The average Bonchev–Trinajstić information content (AvgIpc) is 2.73. The topological polar surface area (TPSA) is 138 Å². The Morgan fingerprint density at radius 3 is 2.50 bits per heavy atom. The standard InChI is InChI=1S/C21H25NO8/c1-11(24)22-18-20(27)19(26)17(10-23)30-21(18)29-16-6-4-3-5-13(16)14-9-12(25)7-8-15(14)28-2/h3-9,17-21,23,25-27H,10H2,1-2H3,(H,22,24)/t17-,18-,19+,20-,21-/m1/s1. The molecule has 162 valence electrons. The fraction of sp³-hybridized carbons (Fsp3) is 0.381. The van der Waals surface area contributed by atoms with Crippen LogP contribution in [-0.2, 0) is 9.53 Å². The van der Waals surface area contributed by atoms with Gasteiger partial charge in [0.1, 0.15) is 41.6 Å². The van der Waals surface area contributed by atoms with Gasteiger partial charge in [0.05, 0.1) is 13.7 Å². The number of hydrogen-bond acceptors (Lipinski definition) is 8. The Bertz CT molecular complexity index is 889. The third-order valence-electron chi connectivity index (χ3n) is 4.85. The highest BCUT2D eigenvalue weighted by Crippen LogP contribution is 2.39. The molecule has 3 rings (SSSR count). The maximum atomic E-state index is 11.6. The van der Waals surface area contributed by atoms with Crippen LogP contribution in [0.5, 0.6) is 17.2 Å². The van der Waals surface area contributed by atoms with Crippen molar-refractivity contribution in [2.75, 3.05) is 13.7 Å². The molecule has 1 saturated heterocycles. The number of benzene rings is 2. The number of methoxy groups -OCH3 is 1. The van der Waals surface area contributed by atoms with E-state index < -0.39 is 43.2 Å². The second-order valence-corrected chi connectivity index (χ2v) is 6.93. The molecule has 1 fully saturated rings. The van der Waals surface area contributed by atoms with Gasteiger partial charge in [0.25, 0.3) is 0 Å². The highest BCUT2D eigenvalue weighted by molar-refractivity contribution is 5.77. The molecule has 1 heterocycles. The van der Waals surface area contributed by atoms with Gasteiger partial charge >= 0.3 is 0 Å². The van der Waals surface area contributed by atoms with Gasteiger partial charge in [0.2, 0.25) is 12.2 Å². The lowest BCUT2D eigenvalue weighted by molar-refractivity contribution is -0.244. The summed E-state index contributed by atoms with van der Waals surface area (Å²) in [7, 11) is 1.50. The van der Waals surface area contributed by atoms with Crippen LogP contribution in [0.3, 0.4) is 0 Å². The molecule has 9 nitrogen and oxygen atoms in total. The fourth-order valence-electron chi connectivity index (χ4n) is 3.39. The Labute approximate surface area is 173 Å². The molecular formula is C21H25NO8. The van der Waals surface area contributed by atoms with Gasteiger partial charge in [-0.2, -0.15) is 0 Å². The smallest absolute Gasteiger partial charge is 0.223 e. The van der Waals surface area contributed by atoms with E-state index in [2.05, 4.69) is 5.32 Å². The quantitative estimate of drug-likeness (QED) is 0.453. The Morgan fingerprint density at radius 2 is 1.83 bits per heavy atom. The minimum absolute atomic E-state index is 0.0320. The van der Waals surface area contributed by atoms with Gasteiger partial charge in [-0.15, -0.1) is 0 Å². The molecule has 1 aliphatic rings. The number of amides is 1. The highest BCUT2D eigenvalue weighted by atomic mass is 16.7. The molecule has 1 aliphatic heterocycles. The molecule has 5 atom stereocenters. The van der Waals surface area contributed by atoms with Crippen molar-refractivity contribution in [1.29, 1.82) is 0 Å².